The van der Waals surface area contributed by atoms with Gasteiger partial charge in [-0.1, -0.05) is 6.07 Å². The van der Waals surface area contributed by atoms with Crippen LogP contribution in [0.1, 0.15) is 32.3 Å². The van der Waals surface area contributed by atoms with E-state index in [9.17, 15) is 4.79 Å². The van der Waals surface area contributed by atoms with Crippen LogP contribution in [0.3, 0.4) is 0 Å². The predicted molar refractivity (Wildman–Crippen MR) is 86.7 cm³/mol. The third-order valence-electron chi connectivity index (χ3n) is 4.65. The number of rotatable bonds is 3. The molecule has 2 heterocycles. The van der Waals surface area contributed by atoms with Gasteiger partial charge in [-0.3, -0.25) is 4.57 Å². The number of nitrogens with zero attached hydrogens (tertiary/aromatic N) is 2. The molecule has 1 fully saturated rings. The first kappa shape index (κ1) is 14.4. The van der Waals surface area contributed by atoms with Crippen LogP contribution < -0.4 is 5.69 Å². The standard InChI is InChI=1S/C17H25N3O/c1-12(2)19-8-4-5-14(10-19)11-20-16-7-6-13(3)9-15(16)18-17(20)21/h6-7,9,12,14H,4-5,8,10-11H2,1-3H3,(H,18,21). The van der Waals surface area contributed by atoms with E-state index < -0.39 is 0 Å². The van der Waals surface area contributed by atoms with Gasteiger partial charge in [-0.25, -0.2) is 4.79 Å². The van der Waals surface area contributed by atoms with Gasteiger partial charge < -0.3 is 9.88 Å². The van der Waals surface area contributed by atoms with Crippen LogP contribution in [0.2, 0.25) is 0 Å². The number of benzene rings is 1. The Morgan fingerprint density at radius 3 is 2.95 bits per heavy atom. The highest BCUT2D eigenvalue weighted by atomic mass is 16.1. The van der Waals surface area contributed by atoms with Gasteiger partial charge in [-0.05, 0) is 63.8 Å². The molecule has 1 aromatic heterocycles. The molecule has 114 valence electrons. The van der Waals surface area contributed by atoms with Crippen molar-refractivity contribution in [2.45, 2.75) is 46.2 Å². The van der Waals surface area contributed by atoms with Crippen molar-refractivity contribution in [1.82, 2.24) is 14.5 Å². The molecule has 4 heteroatoms. The van der Waals surface area contributed by atoms with Gasteiger partial charge in [-0.2, -0.15) is 0 Å². The summed E-state index contributed by atoms with van der Waals surface area (Å²) in [6, 6.07) is 6.78. The number of H-pyrrole nitrogens is 1. The molecular weight excluding hydrogens is 262 g/mol. The number of piperidine rings is 1. The number of hydrogen-bond acceptors (Lipinski definition) is 2. The van der Waals surface area contributed by atoms with Crippen molar-refractivity contribution >= 4 is 11.0 Å². The van der Waals surface area contributed by atoms with E-state index in [1.165, 1.54) is 24.9 Å². The molecule has 0 amide bonds. The van der Waals surface area contributed by atoms with E-state index >= 15 is 0 Å². The first-order chi connectivity index (χ1) is 10.0. The Labute approximate surface area is 125 Å². The van der Waals surface area contributed by atoms with E-state index in [0.29, 0.717) is 12.0 Å². The van der Waals surface area contributed by atoms with Gasteiger partial charge in [0.25, 0.3) is 0 Å². The van der Waals surface area contributed by atoms with Crippen LogP contribution in [0.25, 0.3) is 11.0 Å². The van der Waals surface area contributed by atoms with Gasteiger partial charge in [0.15, 0.2) is 0 Å². The normalized spacial score (nSPS) is 20.5. The zero-order valence-electron chi connectivity index (χ0n) is 13.2. The van der Waals surface area contributed by atoms with Gasteiger partial charge in [0.2, 0.25) is 0 Å². The largest absolute Gasteiger partial charge is 0.326 e. The van der Waals surface area contributed by atoms with Crippen molar-refractivity contribution in [3.8, 4) is 0 Å². The average Bonchev–Trinajstić information content (AvgIpc) is 2.74. The van der Waals surface area contributed by atoms with Gasteiger partial charge in [0.05, 0.1) is 11.0 Å². The van der Waals surface area contributed by atoms with Crippen LogP contribution in [-0.2, 0) is 6.54 Å². The fourth-order valence-electron chi connectivity index (χ4n) is 3.43. The van der Waals surface area contributed by atoms with Crippen molar-refractivity contribution in [1.29, 1.82) is 0 Å². The molecule has 0 spiro atoms. The lowest BCUT2D eigenvalue weighted by atomic mass is 9.97. The summed E-state index contributed by atoms with van der Waals surface area (Å²) in [6.07, 6.45) is 2.45. The first-order valence-corrected chi connectivity index (χ1v) is 7.98. The number of nitrogens with one attached hydrogen (secondary N) is 1. The molecule has 0 saturated carbocycles. The molecule has 2 aromatic rings. The summed E-state index contributed by atoms with van der Waals surface area (Å²) in [7, 11) is 0. The van der Waals surface area contributed by atoms with Gasteiger partial charge in [-0.15, -0.1) is 0 Å². The maximum atomic E-state index is 12.2. The highest BCUT2D eigenvalue weighted by molar-refractivity contribution is 5.75. The summed E-state index contributed by atoms with van der Waals surface area (Å²) in [5, 5.41) is 0. The molecule has 0 radical (unpaired) electrons. The molecule has 0 bridgehead atoms. The zero-order chi connectivity index (χ0) is 15.0. The topological polar surface area (TPSA) is 41.0 Å². The molecule has 1 unspecified atom stereocenters. The lowest BCUT2D eigenvalue weighted by Crippen LogP contribution is -2.41. The quantitative estimate of drug-likeness (QED) is 0.943. The van der Waals surface area contributed by atoms with Gasteiger partial charge in [0.1, 0.15) is 0 Å². The van der Waals surface area contributed by atoms with Crippen molar-refractivity contribution < 1.29 is 0 Å². The molecule has 1 saturated heterocycles. The summed E-state index contributed by atoms with van der Waals surface area (Å²) >= 11 is 0. The molecule has 21 heavy (non-hydrogen) atoms. The minimum atomic E-state index is 0.0253. The number of likely N-dealkylation sites (tertiary alicyclic amines) is 1. The summed E-state index contributed by atoms with van der Waals surface area (Å²) in [6.45, 7) is 9.67. The number of aryl methyl sites for hydroxylation is 1. The van der Waals surface area contributed by atoms with E-state index in [1.807, 2.05) is 4.57 Å². The Morgan fingerprint density at radius 1 is 1.38 bits per heavy atom. The van der Waals surface area contributed by atoms with Gasteiger partial charge >= 0.3 is 5.69 Å². The third-order valence-corrected chi connectivity index (χ3v) is 4.65. The summed E-state index contributed by atoms with van der Waals surface area (Å²) < 4.78 is 1.92. The number of hydrogen-bond donors (Lipinski definition) is 1. The lowest BCUT2D eigenvalue weighted by molar-refractivity contribution is 0.131. The minimum absolute atomic E-state index is 0.0253. The van der Waals surface area contributed by atoms with Crippen molar-refractivity contribution in [2.24, 2.45) is 5.92 Å². The zero-order valence-corrected chi connectivity index (χ0v) is 13.2. The van der Waals surface area contributed by atoms with Crippen LogP contribution >= 0.6 is 0 Å². The second kappa shape index (κ2) is 5.68. The highest BCUT2D eigenvalue weighted by Gasteiger charge is 2.23. The maximum absolute atomic E-state index is 12.2. The molecule has 1 atom stereocenters. The molecule has 3 rings (SSSR count). The van der Waals surface area contributed by atoms with Crippen LogP contribution in [0.15, 0.2) is 23.0 Å². The number of aromatic amines is 1. The number of aromatic nitrogens is 2. The third kappa shape index (κ3) is 2.91. The Morgan fingerprint density at radius 2 is 2.19 bits per heavy atom. The van der Waals surface area contributed by atoms with Crippen LogP contribution in [0.5, 0.6) is 0 Å². The van der Waals surface area contributed by atoms with Crippen LogP contribution in [0.4, 0.5) is 0 Å². The molecule has 1 aliphatic rings. The number of fused-ring (bicyclic) bond motifs is 1. The fourth-order valence-corrected chi connectivity index (χ4v) is 3.43. The summed E-state index contributed by atoms with van der Waals surface area (Å²) in [5.74, 6) is 0.569. The smallest absolute Gasteiger partial charge is 0.306 e. The van der Waals surface area contributed by atoms with E-state index in [1.54, 1.807) is 0 Å². The first-order valence-electron chi connectivity index (χ1n) is 7.98. The SMILES string of the molecule is Cc1ccc2c(c1)[nH]c(=O)n2CC1CCCN(C(C)C)C1. The summed E-state index contributed by atoms with van der Waals surface area (Å²) in [4.78, 5) is 17.7. The van der Waals surface area contributed by atoms with E-state index in [-0.39, 0.29) is 5.69 Å². The minimum Gasteiger partial charge on any atom is -0.306 e. The molecule has 4 nitrogen and oxygen atoms in total. The molecule has 1 aliphatic heterocycles. The van der Waals surface area contributed by atoms with Crippen molar-refractivity contribution in [3.63, 3.8) is 0 Å². The Kier molecular flexibility index (Phi) is 3.89. The second-order valence-corrected chi connectivity index (χ2v) is 6.66. The fraction of sp³-hybridized carbons (Fsp3) is 0.588. The van der Waals surface area contributed by atoms with Gasteiger partial charge in [0, 0.05) is 19.1 Å². The molecule has 0 aliphatic carbocycles. The van der Waals surface area contributed by atoms with E-state index in [2.05, 4.69) is 48.9 Å². The Hall–Kier alpha value is -1.55. The average molecular weight is 287 g/mol. The van der Waals surface area contributed by atoms with E-state index in [0.717, 1.165) is 24.1 Å². The van der Waals surface area contributed by atoms with Crippen molar-refractivity contribution in [2.75, 3.05) is 13.1 Å². The van der Waals surface area contributed by atoms with Crippen molar-refractivity contribution in [3.05, 3.63) is 34.2 Å². The molecule has 1 aromatic carbocycles. The monoisotopic (exact) mass is 287 g/mol. The van der Waals surface area contributed by atoms with Crippen LogP contribution in [0, 0.1) is 12.8 Å². The predicted octanol–water partition coefficient (Wildman–Crippen LogP) is 2.76. The Balaban J connectivity index is 1.84. The van der Waals surface area contributed by atoms with Crippen LogP contribution in [-0.4, -0.2) is 33.6 Å². The summed E-state index contributed by atoms with van der Waals surface area (Å²) in [5.41, 5.74) is 3.20. The second-order valence-electron chi connectivity index (χ2n) is 6.66. The Bertz CT molecular complexity index is 683. The maximum Gasteiger partial charge on any atom is 0.326 e. The lowest BCUT2D eigenvalue weighted by Gasteiger charge is -2.35. The number of imidazole rings is 1. The van der Waals surface area contributed by atoms with E-state index in [4.69, 9.17) is 0 Å². The highest BCUT2D eigenvalue weighted by Crippen LogP contribution is 2.21. The molecule has 1 N–H and O–H groups in total. The molecular formula is C17H25N3O.